The molecule has 0 unspecified atom stereocenters. The molecular formula is C8H9N3OS. The summed E-state index contributed by atoms with van der Waals surface area (Å²) in [4.78, 5) is 15.4. The number of hydrogen-bond acceptors (Lipinski definition) is 3. The number of aromatic nitrogens is 2. The molecule has 2 aromatic heterocycles. The van der Waals surface area contributed by atoms with E-state index in [1.165, 1.54) is 0 Å². The fourth-order valence-corrected chi connectivity index (χ4v) is 1.93. The number of carbonyl (C=O) groups excluding carboxylic acids is 1. The molecule has 0 aliphatic carbocycles. The number of imidazole rings is 1. The molecule has 68 valence electrons. The maximum atomic E-state index is 10.0. The van der Waals surface area contributed by atoms with Crippen molar-refractivity contribution in [1.29, 1.82) is 0 Å². The Bertz CT molecular complexity index is 406. The van der Waals surface area contributed by atoms with Gasteiger partial charge in [0.2, 0.25) is 6.41 Å². The second-order valence-electron chi connectivity index (χ2n) is 2.61. The summed E-state index contributed by atoms with van der Waals surface area (Å²) in [5.74, 6) is 0.991. The number of hydrogen-bond donors (Lipinski definition) is 1. The summed E-state index contributed by atoms with van der Waals surface area (Å²) in [6, 6.07) is 0. The van der Waals surface area contributed by atoms with Crippen molar-refractivity contribution in [3.8, 4) is 0 Å². The maximum absolute atomic E-state index is 10.0. The summed E-state index contributed by atoms with van der Waals surface area (Å²) < 4.78 is 2.04. The van der Waals surface area contributed by atoms with Gasteiger partial charge in [0.15, 0.2) is 0 Å². The highest BCUT2D eigenvalue weighted by molar-refractivity contribution is 7.15. The Hall–Kier alpha value is -1.36. The van der Waals surface area contributed by atoms with Crippen molar-refractivity contribution in [2.24, 2.45) is 0 Å². The molecule has 0 fully saturated rings. The lowest BCUT2D eigenvalue weighted by atomic mass is 10.4. The average Bonchev–Trinajstić information content (AvgIpc) is 2.68. The Kier molecular flexibility index (Phi) is 2.27. The summed E-state index contributed by atoms with van der Waals surface area (Å²) in [6.45, 7) is 0.637. The fraction of sp³-hybridized carbons (Fsp3) is 0.250. The number of thiazole rings is 1. The van der Waals surface area contributed by atoms with Crippen LogP contribution in [0, 0.1) is 0 Å². The van der Waals surface area contributed by atoms with Gasteiger partial charge in [-0.15, -0.1) is 11.3 Å². The zero-order valence-electron chi connectivity index (χ0n) is 6.93. The Morgan fingerprint density at radius 1 is 1.69 bits per heavy atom. The molecule has 0 aliphatic heterocycles. The monoisotopic (exact) mass is 195 g/mol. The number of carbonyl (C=O) groups is 1. The van der Waals surface area contributed by atoms with Gasteiger partial charge in [0.1, 0.15) is 10.7 Å². The van der Waals surface area contributed by atoms with Crippen molar-refractivity contribution in [3.05, 3.63) is 23.6 Å². The lowest BCUT2D eigenvalue weighted by molar-refractivity contribution is -0.109. The van der Waals surface area contributed by atoms with Gasteiger partial charge in [0, 0.05) is 24.5 Å². The van der Waals surface area contributed by atoms with Crippen LogP contribution in [0.4, 0.5) is 0 Å². The Morgan fingerprint density at radius 2 is 2.62 bits per heavy atom. The highest BCUT2D eigenvalue weighted by Crippen LogP contribution is 2.13. The van der Waals surface area contributed by atoms with Crippen molar-refractivity contribution in [3.63, 3.8) is 0 Å². The molecule has 0 aromatic carbocycles. The van der Waals surface area contributed by atoms with Gasteiger partial charge in [-0.05, 0) is 0 Å². The number of fused-ring (bicyclic) bond motifs is 1. The van der Waals surface area contributed by atoms with Crippen molar-refractivity contribution < 1.29 is 4.79 Å². The molecule has 5 heteroatoms. The van der Waals surface area contributed by atoms with Gasteiger partial charge in [-0.25, -0.2) is 4.98 Å². The van der Waals surface area contributed by atoms with Crippen LogP contribution < -0.4 is 5.32 Å². The molecule has 0 atom stereocenters. The van der Waals surface area contributed by atoms with Gasteiger partial charge < -0.3 is 5.32 Å². The molecule has 2 heterocycles. The van der Waals surface area contributed by atoms with Crippen LogP contribution in [0.15, 0.2) is 17.8 Å². The van der Waals surface area contributed by atoms with E-state index in [4.69, 9.17) is 0 Å². The van der Waals surface area contributed by atoms with E-state index in [-0.39, 0.29) is 0 Å². The number of nitrogens with zero attached hydrogens (tertiary/aromatic N) is 2. The lowest BCUT2D eigenvalue weighted by Gasteiger charge is -1.96. The zero-order chi connectivity index (χ0) is 9.10. The Balaban J connectivity index is 2.13. The van der Waals surface area contributed by atoms with Crippen LogP contribution in [-0.4, -0.2) is 22.3 Å². The second-order valence-corrected chi connectivity index (χ2v) is 3.53. The predicted molar refractivity (Wildman–Crippen MR) is 50.8 cm³/mol. The van der Waals surface area contributed by atoms with Crippen LogP contribution in [-0.2, 0) is 11.2 Å². The van der Waals surface area contributed by atoms with Gasteiger partial charge in [0.05, 0.1) is 6.20 Å². The molecule has 0 radical (unpaired) electrons. The minimum absolute atomic E-state index is 0.637. The van der Waals surface area contributed by atoms with Crippen LogP contribution in [0.1, 0.15) is 5.82 Å². The predicted octanol–water partition coefficient (Wildman–Crippen LogP) is 0.684. The molecule has 2 rings (SSSR count). The average molecular weight is 195 g/mol. The van der Waals surface area contributed by atoms with E-state index in [0.29, 0.717) is 13.0 Å². The van der Waals surface area contributed by atoms with Crippen LogP contribution in [0.25, 0.3) is 4.83 Å². The molecule has 13 heavy (non-hydrogen) atoms. The van der Waals surface area contributed by atoms with Gasteiger partial charge in [-0.1, -0.05) is 0 Å². The summed E-state index contributed by atoms with van der Waals surface area (Å²) in [5.41, 5.74) is 0. The molecule has 0 saturated heterocycles. The minimum atomic E-state index is 0.637. The van der Waals surface area contributed by atoms with E-state index in [1.807, 2.05) is 22.2 Å². The van der Waals surface area contributed by atoms with Gasteiger partial charge in [0.25, 0.3) is 0 Å². The number of amides is 1. The van der Waals surface area contributed by atoms with Crippen molar-refractivity contribution >= 4 is 22.6 Å². The number of nitrogens with one attached hydrogen (secondary N) is 1. The molecule has 0 aliphatic rings. The minimum Gasteiger partial charge on any atom is -0.358 e. The van der Waals surface area contributed by atoms with E-state index in [9.17, 15) is 4.79 Å². The van der Waals surface area contributed by atoms with Gasteiger partial charge >= 0.3 is 0 Å². The SMILES string of the molecule is O=CNCCc1ncc2sccn12. The van der Waals surface area contributed by atoms with Crippen LogP contribution >= 0.6 is 11.3 Å². The topological polar surface area (TPSA) is 46.4 Å². The Morgan fingerprint density at radius 3 is 3.46 bits per heavy atom. The third kappa shape index (κ3) is 1.55. The number of rotatable bonds is 4. The molecule has 2 aromatic rings. The van der Waals surface area contributed by atoms with Crippen LogP contribution in [0.3, 0.4) is 0 Å². The first-order valence-electron chi connectivity index (χ1n) is 3.98. The van der Waals surface area contributed by atoms with E-state index < -0.39 is 0 Å². The maximum Gasteiger partial charge on any atom is 0.207 e. The highest BCUT2D eigenvalue weighted by atomic mass is 32.1. The first-order valence-corrected chi connectivity index (χ1v) is 4.86. The largest absolute Gasteiger partial charge is 0.358 e. The first-order chi connectivity index (χ1) is 6.42. The Labute approximate surface area is 79.2 Å². The van der Waals surface area contributed by atoms with Crippen LogP contribution in [0.2, 0.25) is 0 Å². The molecule has 0 bridgehead atoms. The van der Waals surface area contributed by atoms with E-state index in [1.54, 1.807) is 11.3 Å². The van der Waals surface area contributed by atoms with Crippen molar-refractivity contribution in [1.82, 2.24) is 14.7 Å². The molecule has 0 spiro atoms. The van der Waals surface area contributed by atoms with Crippen molar-refractivity contribution in [2.45, 2.75) is 6.42 Å². The molecular weight excluding hydrogens is 186 g/mol. The second kappa shape index (κ2) is 3.57. The zero-order valence-corrected chi connectivity index (χ0v) is 7.75. The van der Waals surface area contributed by atoms with Gasteiger partial charge in [-0.2, -0.15) is 0 Å². The molecule has 1 N–H and O–H groups in total. The normalized spacial score (nSPS) is 10.5. The summed E-state index contributed by atoms with van der Waals surface area (Å²) in [6.07, 6.45) is 5.31. The van der Waals surface area contributed by atoms with E-state index in [0.717, 1.165) is 17.1 Å². The first kappa shape index (κ1) is 8.25. The van der Waals surface area contributed by atoms with E-state index >= 15 is 0 Å². The third-order valence-electron chi connectivity index (χ3n) is 1.81. The van der Waals surface area contributed by atoms with Crippen molar-refractivity contribution in [2.75, 3.05) is 6.54 Å². The summed E-state index contributed by atoms with van der Waals surface area (Å²) in [7, 11) is 0. The molecule has 4 nitrogen and oxygen atoms in total. The fourth-order valence-electron chi connectivity index (χ4n) is 1.22. The quantitative estimate of drug-likeness (QED) is 0.576. The molecule has 1 amide bonds. The van der Waals surface area contributed by atoms with Gasteiger partial charge in [-0.3, -0.25) is 9.20 Å². The lowest BCUT2D eigenvalue weighted by Crippen LogP contribution is -2.15. The van der Waals surface area contributed by atoms with E-state index in [2.05, 4.69) is 10.3 Å². The third-order valence-corrected chi connectivity index (χ3v) is 2.62. The molecule has 0 saturated carbocycles. The summed E-state index contributed by atoms with van der Waals surface area (Å²) in [5, 5.41) is 4.63. The smallest absolute Gasteiger partial charge is 0.207 e. The van der Waals surface area contributed by atoms with Crippen LogP contribution in [0.5, 0.6) is 0 Å². The standard InChI is InChI=1S/C8H9N3OS/c12-6-9-2-1-7-10-5-8-11(7)3-4-13-8/h3-6H,1-2H2,(H,9,12). The highest BCUT2D eigenvalue weighted by Gasteiger charge is 2.02. The summed E-state index contributed by atoms with van der Waals surface area (Å²) >= 11 is 1.66.